The van der Waals surface area contributed by atoms with E-state index in [9.17, 15) is 9.18 Å². The molecule has 0 atom stereocenters. The van der Waals surface area contributed by atoms with Gasteiger partial charge in [0.15, 0.2) is 5.82 Å². The van der Waals surface area contributed by atoms with E-state index in [1.165, 1.54) is 48.1 Å². The zero-order valence-electron chi connectivity index (χ0n) is 17.5. The maximum Gasteiger partial charge on any atom is 0.323 e. The van der Waals surface area contributed by atoms with Crippen LogP contribution in [0.5, 0.6) is 11.6 Å². The largest absolute Gasteiger partial charge is 0.439 e. The van der Waals surface area contributed by atoms with Crippen LogP contribution in [0.25, 0.3) is 5.82 Å². The van der Waals surface area contributed by atoms with Crippen LogP contribution >= 0.6 is 0 Å². The molecule has 0 aliphatic carbocycles. The second-order valence-corrected chi connectivity index (χ2v) is 7.72. The molecule has 3 aromatic heterocycles. The molecule has 0 bridgehead atoms. The number of nitrogens with zero attached hydrogens (tertiary/aromatic N) is 7. The highest BCUT2D eigenvalue weighted by Crippen LogP contribution is 2.26. The van der Waals surface area contributed by atoms with Gasteiger partial charge in [-0.1, -0.05) is 0 Å². The molecule has 32 heavy (non-hydrogen) atoms. The summed E-state index contributed by atoms with van der Waals surface area (Å²) in [5, 5.41) is 13.3. The number of carbonyl (C=O) groups is 1. The predicted octanol–water partition coefficient (Wildman–Crippen LogP) is 3.58. The zero-order valence-corrected chi connectivity index (χ0v) is 17.5. The van der Waals surface area contributed by atoms with Crippen LogP contribution in [0.4, 0.5) is 20.6 Å². The molecule has 0 aliphatic rings. The Morgan fingerprint density at radius 1 is 1.09 bits per heavy atom. The number of ether oxygens (including phenoxy) is 1. The van der Waals surface area contributed by atoms with Crippen LogP contribution in [-0.4, -0.2) is 40.5 Å². The summed E-state index contributed by atoms with van der Waals surface area (Å²) in [6, 6.07) is 4.88. The number of aromatic nitrogens is 7. The molecule has 0 saturated heterocycles. The minimum atomic E-state index is -0.621. The molecular weight excluding hydrogens is 417 g/mol. The van der Waals surface area contributed by atoms with Crippen molar-refractivity contribution in [3.8, 4) is 17.4 Å². The van der Waals surface area contributed by atoms with Gasteiger partial charge in [0.2, 0.25) is 5.88 Å². The minimum absolute atomic E-state index is 0.0613. The first-order valence-electron chi connectivity index (χ1n) is 9.55. The number of nitrogens with one attached hydrogen (secondary N) is 2. The molecule has 4 rings (SSSR count). The van der Waals surface area contributed by atoms with Crippen molar-refractivity contribution in [2.45, 2.75) is 26.3 Å². The maximum absolute atomic E-state index is 14.3. The van der Waals surface area contributed by atoms with Gasteiger partial charge in [0.1, 0.15) is 30.5 Å². The van der Waals surface area contributed by atoms with Gasteiger partial charge in [0.05, 0.1) is 23.1 Å². The Labute approximate surface area is 182 Å². The zero-order chi connectivity index (χ0) is 22.7. The smallest absolute Gasteiger partial charge is 0.323 e. The van der Waals surface area contributed by atoms with Gasteiger partial charge in [0, 0.05) is 18.3 Å². The van der Waals surface area contributed by atoms with Crippen LogP contribution in [0, 0.1) is 5.82 Å². The number of benzene rings is 1. The summed E-state index contributed by atoms with van der Waals surface area (Å²) in [5.74, 6) is 0.305. The van der Waals surface area contributed by atoms with E-state index in [1.807, 2.05) is 20.8 Å². The van der Waals surface area contributed by atoms with Crippen molar-refractivity contribution in [1.82, 2.24) is 34.5 Å². The van der Waals surface area contributed by atoms with Crippen molar-refractivity contribution in [2.24, 2.45) is 0 Å². The standard InChI is InChI=1S/C20H20FN9O2/c1-20(2,3)30-9-13(8-25-30)27-19(31)28-16-6-14(4-5-15(16)21)32-18-7-17(23-11-24-18)29-12-22-10-26-29/h4-12H,1-3H3,(H2,27,28,31). The van der Waals surface area contributed by atoms with Gasteiger partial charge in [0.25, 0.3) is 0 Å². The molecule has 12 heteroatoms. The molecule has 4 aromatic rings. The van der Waals surface area contributed by atoms with Crippen molar-refractivity contribution in [3.05, 3.63) is 61.5 Å². The van der Waals surface area contributed by atoms with Crippen LogP contribution in [0.15, 0.2) is 55.6 Å². The number of amides is 2. The lowest BCUT2D eigenvalue weighted by Gasteiger charge is -2.18. The molecule has 3 heterocycles. The lowest BCUT2D eigenvalue weighted by Crippen LogP contribution is -2.22. The summed E-state index contributed by atoms with van der Waals surface area (Å²) in [6.07, 6.45) is 7.37. The second-order valence-electron chi connectivity index (χ2n) is 7.72. The van der Waals surface area contributed by atoms with Gasteiger partial charge in [-0.2, -0.15) is 10.2 Å². The highest BCUT2D eigenvalue weighted by atomic mass is 19.1. The van der Waals surface area contributed by atoms with E-state index in [4.69, 9.17) is 4.74 Å². The van der Waals surface area contributed by atoms with Crippen molar-refractivity contribution >= 4 is 17.4 Å². The van der Waals surface area contributed by atoms with Crippen LogP contribution in [0.1, 0.15) is 20.8 Å². The average molecular weight is 437 g/mol. The molecule has 0 aliphatic heterocycles. The van der Waals surface area contributed by atoms with Crippen LogP contribution in [-0.2, 0) is 5.54 Å². The van der Waals surface area contributed by atoms with Crippen LogP contribution < -0.4 is 15.4 Å². The Morgan fingerprint density at radius 2 is 1.94 bits per heavy atom. The van der Waals surface area contributed by atoms with Crippen molar-refractivity contribution in [3.63, 3.8) is 0 Å². The van der Waals surface area contributed by atoms with Crippen LogP contribution in [0.2, 0.25) is 0 Å². The van der Waals surface area contributed by atoms with Crippen molar-refractivity contribution < 1.29 is 13.9 Å². The molecule has 0 unspecified atom stereocenters. The fraction of sp³-hybridized carbons (Fsp3) is 0.200. The quantitative estimate of drug-likeness (QED) is 0.489. The van der Waals surface area contributed by atoms with E-state index in [0.717, 1.165) is 0 Å². The molecule has 2 N–H and O–H groups in total. The summed E-state index contributed by atoms with van der Waals surface area (Å²) in [4.78, 5) is 24.3. The first-order chi connectivity index (χ1) is 15.3. The molecule has 0 saturated carbocycles. The summed E-state index contributed by atoms with van der Waals surface area (Å²) in [7, 11) is 0. The summed E-state index contributed by atoms with van der Waals surface area (Å²) >= 11 is 0. The highest BCUT2D eigenvalue weighted by molar-refractivity contribution is 5.99. The van der Waals surface area contributed by atoms with Crippen molar-refractivity contribution in [1.29, 1.82) is 0 Å². The Balaban J connectivity index is 1.45. The van der Waals surface area contributed by atoms with Gasteiger partial charge in [-0.15, -0.1) is 0 Å². The minimum Gasteiger partial charge on any atom is -0.439 e. The third-order valence-corrected chi connectivity index (χ3v) is 4.22. The Bertz CT molecular complexity index is 1230. The van der Waals surface area contributed by atoms with E-state index >= 15 is 0 Å². The monoisotopic (exact) mass is 437 g/mol. The van der Waals surface area contributed by atoms with E-state index < -0.39 is 11.8 Å². The fourth-order valence-corrected chi connectivity index (χ4v) is 2.66. The fourth-order valence-electron chi connectivity index (χ4n) is 2.66. The molecule has 11 nitrogen and oxygen atoms in total. The molecule has 164 valence electrons. The van der Waals surface area contributed by atoms with E-state index in [0.29, 0.717) is 11.5 Å². The van der Waals surface area contributed by atoms with Gasteiger partial charge in [-0.3, -0.25) is 4.68 Å². The number of anilines is 2. The number of rotatable bonds is 5. The second kappa shape index (κ2) is 8.41. The SMILES string of the molecule is CC(C)(C)n1cc(NC(=O)Nc2cc(Oc3cc(-n4cncn4)ncn3)ccc2F)cn1. The molecule has 2 amide bonds. The summed E-state index contributed by atoms with van der Waals surface area (Å²) < 4.78 is 23.1. The van der Waals surface area contributed by atoms with Gasteiger partial charge in [-0.05, 0) is 32.9 Å². The average Bonchev–Trinajstić information content (AvgIpc) is 3.43. The summed E-state index contributed by atoms with van der Waals surface area (Å²) in [5.41, 5.74) is 0.184. The topological polar surface area (TPSA) is 125 Å². The Kier molecular flexibility index (Phi) is 5.50. The normalized spacial score (nSPS) is 11.2. The Hall–Kier alpha value is -4.35. The van der Waals surface area contributed by atoms with Gasteiger partial charge in [-0.25, -0.2) is 28.8 Å². The number of hydrogen-bond acceptors (Lipinski definition) is 7. The summed E-state index contributed by atoms with van der Waals surface area (Å²) in [6.45, 7) is 5.95. The lowest BCUT2D eigenvalue weighted by atomic mass is 10.1. The van der Waals surface area contributed by atoms with Gasteiger partial charge >= 0.3 is 6.03 Å². The first kappa shape index (κ1) is 20.9. The molecule has 0 fully saturated rings. The predicted molar refractivity (Wildman–Crippen MR) is 113 cm³/mol. The van der Waals surface area contributed by atoms with Gasteiger partial charge < -0.3 is 15.4 Å². The third kappa shape index (κ3) is 4.86. The van der Waals surface area contributed by atoms with E-state index in [-0.39, 0.29) is 22.9 Å². The molecule has 0 spiro atoms. The van der Waals surface area contributed by atoms with E-state index in [1.54, 1.807) is 16.9 Å². The molecule has 1 aromatic carbocycles. The van der Waals surface area contributed by atoms with Crippen LogP contribution in [0.3, 0.4) is 0 Å². The number of halogens is 1. The lowest BCUT2D eigenvalue weighted by molar-refractivity contribution is 0.262. The highest BCUT2D eigenvalue weighted by Gasteiger charge is 2.15. The number of carbonyl (C=O) groups excluding carboxylic acids is 1. The molecule has 0 radical (unpaired) electrons. The number of urea groups is 1. The maximum atomic E-state index is 14.3. The molecular formula is C20H20FN9O2. The van der Waals surface area contributed by atoms with Crippen molar-refractivity contribution in [2.75, 3.05) is 10.6 Å². The third-order valence-electron chi connectivity index (χ3n) is 4.22. The first-order valence-corrected chi connectivity index (χ1v) is 9.55. The van der Waals surface area contributed by atoms with E-state index in [2.05, 4.69) is 35.8 Å². The number of hydrogen-bond donors (Lipinski definition) is 2. The Morgan fingerprint density at radius 3 is 2.66 bits per heavy atom.